The SMILES string of the molecule is C=C(C)C1C=CC(N)C1. The summed E-state index contributed by atoms with van der Waals surface area (Å²) in [7, 11) is 0. The molecule has 0 aromatic heterocycles. The summed E-state index contributed by atoms with van der Waals surface area (Å²) in [5, 5.41) is 0. The van der Waals surface area contributed by atoms with E-state index in [0.717, 1.165) is 6.42 Å². The van der Waals surface area contributed by atoms with Crippen LogP contribution in [-0.2, 0) is 0 Å². The summed E-state index contributed by atoms with van der Waals surface area (Å²) in [4.78, 5) is 0. The van der Waals surface area contributed by atoms with E-state index >= 15 is 0 Å². The molecule has 0 bridgehead atoms. The molecule has 50 valence electrons. The predicted octanol–water partition coefficient (Wildman–Crippen LogP) is 1.47. The summed E-state index contributed by atoms with van der Waals surface area (Å²) in [6, 6.07) is 0.270. The highest BCUT2D eigenvalue weighted by Gasteiger charge is 2.14. The normalized spacial score (nSPS) is 33.1. The van der Waals surface area contributed by atoms with Gasteiger partial charge in [-0.2, -0.15) is 0 Å². The molecule has 2 N–H and O–H groups in total. The van der Waals surface area contributed by atoms with Gasteiger partial charge in [-0.05, 0) is 19.3 Å². The first kappa shape index (κ1) is 6.56. The van der Waals surface area contributed by atoms with Crippen molar-refractivity contribution < 1.29 is 0 Å². The van der Waals surface area contributed by atoms with Gasteiger partial charge in [-0.25, -0.2) is 0 Å². The van der Waals surface area contributed by atoms with Crippen LogP contribution in [0.3, 0.4) is 0 Å². The van der Waals surface area contributed by atoms with Crippen LogP contribution in [0.25, 0.3) is 0 Å². The lowest BCUT2D eigenvalue weighted by Crippen LogP contribution is -2.14. The van der Waals surface area contributed by atoms with E-state index in [4.69, 9.17) is 5.73 Å². The fourth-order valence-electron chi connectivity index (χ4n) is 1.09. The third kappa shape index (κ3) is 1.42. The maximum atomic E-state index is 5.64. The standard InChI is InChI=1S/C8H13N/c1-6(2)7-3-4-8(9)5-7/h3-4,7-8H,1,5,9H2,2H3. The Labute approximate surface area is 56.2 Å². The van der Waals surface area contributed by atoms with Crippen LogP contribution in [0.15, 0.2) is 24.3 Å². The molecule has 0 aromatic carbocycles. The molecule has 1 rings (SSSR count). The molecular weight excluding hydrogens is 110 g/mol. The maximum Gasteiger partial charge on any atom is 0.0232 e. The molecule has 0 heterocycles. The quantitative estimate of drug-likeness (QED) is 0.525. The third-order valence-corrected chi connectivity index (χ3v) is 1.75. The second-order valence-corrected chi connectivity index (χ2v) is 2.74. The topological polar surface area (TPSA) is 26.0 Å². The first-order valence-corrected chi connectivity index (χ1v) is 3.29. The summed E-state index contributed by atoms with van der Waals surface area (Å²) in [6.45, 7) is 5.91. The molecule has 0 saturated carbocycles. The molecule has 0 radical (unpaired) electrons. The van der Waals surface area contributed by atoms with E-state index in [9.17, 15) is 0 Å². The van der Waals surface area contributed by atoms with Gasteiger partial charge in [0.2, 0.25) is 0 Å². The monoisotopic (exact) mass is 123 g/mol. The van der Waals surface area contributed by atoms with Crippen molar-refractivity contribution in [2.45, 2.75) is 19.4 Å². The average Bonchev–Trinajstić information content (AvgIpc) is 2.14. The summed E-state index contributed by atoms with van der Waals surface area (Å²) < 4.78 is 0. The lowest BCUT2D eigenvalue weighted by molar-refractivity contribution is 0.663. The van der Waals surface area contributed by atoms with Crippen LogP contribution >= 0.6 is 0 Å². The summed E-state index contributed by atoms with van der Waals surface area (Å²) >= 11 is 0. The molecule has 1 nitrogen and oxygen atoms in total. The lowest BCUT2D eigenvalue weighted by Gasteiger charge is -2.06. The Balaban J connectivity index is 2.50. The Morgan fingerprint density at radius 3 is 2.56 bits per heavy atom. The van der Waals surface area contributed by atoms with E-state index in [1.165, 1.54) is 5.57 Å². The first-order valence-electron chi connectivity index (χ1n) is 3.29. The van der Waals surface area contributed by atoms with Crippen molar-refractivity contribution in [2.75, 3.05) is 0 Å². The van der Waals surface area contributed by atoms with E-state index in [1.807, 2.05) is 6.92 Å². The van der Waals surface area contributed by atoms with Gasteiger partial charge in [0.25, 0.3) is 0 Å². The van der Waals surface area contributed by atoms with Gasteiger partial charge in [0, 0.05) is 6.04 Å². The fraction of sp³-hybridized carbons (Fsp3) is 0.500. The second-order valence-electron chi connectivity index (χ2n) is 2.74. The van der Waals surface area contributed by atoms with Crippen LogP contribution in [-0.4, -0.2) is 6.04 Å². The van der Waals surface area contributed by atoms with Crippen molar-refractivity contribution in [3.63, 3.8) is 0 Å². The fourth-order valence-corrected chi connectivity index (χ4v) is 1.09. The highest BCUT2D eigenvalue weighted by atomic mass is 14.6. The molecule has 2 atom stereocenters. The molecule has 1 heteroatoms. The van der Waals surface area contributed by atoms with Gasteiger partial charge in [0.05, 0.1) is 0 Å². The van der Waals surface area contributed by atoms with Crippen molar-refractivity contribution in [1.82, 2.24) is 0 Å². The molecule has 0 aliphatic heterocycles. The Hall–Kier alpha value is -0.560. The lowest BCUT2D eigenvalue weighted by atomic mass is 10.0. The van der Waals surface area contributed by atoms with Crippen molar-refractivity contribution in [3.8, 4) is 0 Å². The van der Waals surface area contributed by atoms with Crippen LogP contribution < -0.4 is 5.73 Å². The van der Waals surface area contributed by atoms with Crippen LogP contribution in [0.5, 0.6) is 0 Å². The van der Waals surface area contributed by atoms with Crippen molar-refractivity contribution >= 4 is 0 Å². The van der Waals surface area contributed by atoms with Gasteiger partial charge >= 0.3 is 0 Å². The van der Waals surface area contributed by atoms with Crippen LogP contribution in [0.1, 0.15) is 13.3 Å². The molecule has 0 aromatic rings. The number of nitrogens with two attached hydrogens (primary N) is 1. The van der Waals surface area contributed by atoms with Gasteiger partial charge in [0.15, 0.2) is 0 Å². The van der Waals surface area contributed by atoms with Crippen molar-refractivity contribution in [3.05, 3.63) is 24.3 Å². The first-order chi connectivity index (χ1) is 4.20. The van der Waals surface area contributed by atoms with Crippen LogP contribution in [0.4, 0.5) is 0 Å². The number of hydrogen-bond acceptors (Lipinski definition) is 1. The molecule has 9 heavy (non-hydrogen) atoms. The van der Waals surface area contributed by atoms with Gasteiger partial charge < -0.3 is 5.73 Å². The van der Waals surface area contributed by atoms with Crippen molar-refractivity contribution in [1.29, 1.82) is 0 Å². The largest absolute Gasteiger partial charge is 0.324 e. The molecule has 0 amide bonds. The second kappa shape index (κ2) is 2.36. The molecule has 1 aliphatic rings. The van der Waals surface area contributed by atoms with E-state index in [1.54, 1.807) is 0 Å². The summed E-state index contributed by atoms with van der Waals surface area (Å²) in [5.74, 6) is 0.542. The Kier molecular flexibility index (Phi) is 1.72. The number of rotatable bonds is 1. The minimum atomic E-state index is 0.270. The van der Waals surface area contributed by atoms with Gasteiger partial charge in [-0.15, -0.1) is 0 Å². The molecule has 0 spiro atoms. The highest BCUT2D eigenvalue weighted by molar-refractivity contribution is 5.15. The van der Waals surface area contributed by atoms with Gasteiger partial charge in [0.1, 0.15) is 0 Å². The Morgan fingerprint density at radius 2 is 2.33 bits per heavy atom. The molecule has 1 aliphatic carbocycles. The summed E-state index contributed by atoms with van der Waals surface area (Å²) in [5.41, 5.74) is 6.86. The zero-order valence-electron chi connectivity index (χ0n) is 5.80. The zero-order chi connectivity index (χ0) is 6.85. The average molecular weight is 123 g/mol. The maximum absolute atomic E-state index is 5.64. The van der Waals surface area contributed by atoms with E-state index in [2.05, 4.69) is 18.7 Å². The minimum Gasteiger partial charge on any atom is -0.324 e. The highest BCUT2D eigenvalue weighted by Crippen LogP contribution is 2.22. The van der Waals surface area contributed by atoms with Crippen molar-refractivity contribution in [2.24, 2.45) is 11.7 Å². The molecular formula is C8H13N. The van der Waals surface area contributed by atoms with E-state index < -0.39 is 0 Å². The number of hydrogen-bond donors (Lipinski definition) is 1. The molecule has 0 fully saturated rings. The van der Waals surface area contributed by atoms with Crippen LogP contribution in [0, 0.1) is 5.92 Å². The minimum absolute atomic E-state index is 0.270. The van der Waals surface area contributed by atoms with Gasteiger partial charge in [-0.1, -0.05) is 24.3 Å². The zero-order valence-corrected chi connectivity index (χ0v) is 5.80. The Morgan fingerprint density at radius 1 is 1.67 bits per heavy atom. The summed E-state index contributed by atoms with van der Waals surface area (Å²) in [6.07, 6.45) is 5.25. The van der Waals surface area contributed by atoms with E-state index in [-0.39, 0.29) is 6.04 Å². The molecule has 2 unspecified atom stereocenters. The molecule has 0 saturated heterocycles. The Bertz CT molecular complexity index is 147. The van der Waals surface area contributed by atoms with Gasteiger partial charge in [-0.3, -0.25) is 0 Å². The van der Waals surface area contributed by atoms with E-state index in [0.29, 0.717) is 5.92 Å². The third-order valence-electron chi connectivity index (χ3n) is 1.75. The van der Waals surface area contributed by atoms with Crippen LogP contribution in [0.2, 0.25) is 0 Å². The number of allylic oxidation sites excluding steroid dienone is 2. The predicted molar refractivity (Wildman–Crippen MR) is 40.0 cm³/mol. The smallest absolute Gasteiger partial charge is 0.0232 e.